The number of hydrogen-bond donors (Lipinski definition) is 1. The first-order chi connectivity index (χ1) is 9.87. The topological polar surface area (TPSA) is 30.5 Å². The van der Waals surface area contributed by atoms with Gasteiger partial charge in [-0.1, -0.05) is 11.6 Å². The molecule has 2 aromatic carbocycles. The van der Waals surface area contributed by atoms with Crippen LogP contribution in [0.5, 0.6) is 11.5 Å². The third-order valence-corrected chi connectivity index (χ3v) is 2.95. The van der Waals surface area contributed by atoms with Crippen LogP contribution in [-0.2, 0) is 0 Å². The summed E-state index contributed by atoms with van der Waals surface area (Å²) in [5.41, 5.74) is 1.57. The van der Waals surface area contributed by atoms with Gasteiger partial charge in [-0.05, 0) is 63.2 Å². The van der Waals surface area contributed by atoms with Crippen molar-refractivity contribution >= 4 is 23.0 Å². The van der Waals surface area contributed by atoms with Gasteiger partial charge in [-0.25, -0.2) is 0 Å². The summed E-state index contributed by atoms with van der Waals surface area (Å²) in [4.78, 5) is 0. The molecule has 0 fully saturated rings. The van der Waals surface area contributed by atoms with E-state index in [2.05, 4.69) is 5.32 Å². The van der Waals surface area contributed by atoms with Gasteiger partial charge in [0, 0.05) is 10.7 Å². The maximum Gasteiger partial charge on any atom is 0.142 e. The van der Waals surface area contributed by atoms with Gasteiger partial charge in [0.1, 0.15) is 17.1 Å². The van der Waals surface area contributed by atoms with Crippen LogP contribution in [0.1, 0.15) is 20.8 Å². The Balaban J connectivity index is 2.15. The Kier molecular flexibility index (Phi) is 4.63. The molecule has 0 aromatic heterocycles. The minimum Gasteiger partial charge on any atom is -0.495 e. The lowest BCUT2D eigenvalue weighted by Gasteiger charge is -2.21. The molecule has 0 spiro atoms. The van der Waals surface area contributed by atoms with Gasteiger partial charge < -0.3 is 14.8 Å². The van der Waals surface area contributed by atoms with E-state index >= 15 is 0 Å². The molecule has 0 aliphatic rings. The zero-order valence-electron chi connectivity index (χ0n) is 12.7. The normalized spacial score (nSPS) is 11.1. The minimum absolute atomic E-state index is 0.203. The minimum atomic E-state index is -0.203. The van der Waals surface area contributed by atoms with Crippen LogP contribution in [0.2, 0.25) is 5.02 Å². The lowest BCUT2D eigenvalue weighted by atomic mass is 10.2. The molecule has 112 valence electrons. The van der Waals surface area contributed by atoms with Crippen LogP contribution in [0, 0.1) is 0 Å². The second kappa shape index (κ2) is 6.27. The first-order valence-corrected chi connectivity index (χ1v) is 7.15. The number of halogens is 1. The van der Waals surface area contributed by atoms with Gasteiger partial charge in [0.2, 0.25) is 0 Å². The average Bonchev–Trinajstić information content (AvgIpc) is 2.40. The van der Waals surface area contributed by atoms with Gasteiger partial charge in [-0.15, -0.1) is 0 Å². The number of hydrogen-bond acceptors (Lipinski definition) is 3. The van der Waals surface area contributed by atoms with Gasteiger partial charge >= 0.3 is 0 Å². The molecule has 2 rings (SSSR count). The molecule has 0 saturated carbocycles. The Bertz CT molecular complexity index is 603. The van der Waals surface area contributed by atoms with Crippen molar-refractivity contribution in [2.24, 2.45) is 0 Å². The highest BCUT2D eigenvalue weighted by atomic mass is 35.5. The molecule has 2 aromatic rings. The Hall–Kier alpha value is -1.87. The molecule has 0 saturated heterocycles. The molecule has 0 bridgehead atoms. The molecular weight excluding hydrogens is 286 g/mol. The molecule has 4 heteroatoms. The smallest absolute Gasteiger partial charge is 0.142 e. The van der Waals surface area contributed by atoms with Crippen molar-refractivity contribution < 1.29 is 9.47 Å². The standard InChI is InChI=1S/C17H20ClNO2/c1-17(2,3)21-14-8-6-13(7-9-14)19-15-11-12(18)5-10-16(15)20-4/h5-11,19H,1-4H3. The molecule has 1 N–H and O–H groups in total. The Morgan fingerprint density at radius 3 is 2.24 bits per heavy atom. The Morgan fingerprint density at radius 2 is 1.67 bits per heavy atom. The van der Waals surface area contributed by atoms with Crippen LogP contribution in [0.4, 0.5) is 11.4 Å². The quantitative estimate of drug-likeness (QED) is 0.834. The number of benzene rings is 2. The van der Waals surface area contributed by atoms with Crippen LogP contribution in [0.15, 0.2) is 42.5 Å². The predicted molar refractivity (Wildman–Crippen MR) is 88.1 cm³/mol. The number of methoxy groups -OCH3 is 1. The summed E-state index contributed by atoms with van der Waals surface area (Å²) in [6.07, 6.45) is 0. The highest BCUT2D eigenvalue weighted by Crippen LogP contribution is 2.31. The Morgan fingerprint density at radius 1 is 1.00 bits per heavy atom. The number of anilines is 2. The molecule has 0 radical (unpaired) electrons. The summed E-state index contributed by atoms with van der Waals surface area (Å²) in [6, 6.07) is 13.3. The largest absolute Gasteiger partial charge is 0.495 e. The molecule has 0 amide bonds. The predicted octanol–water partition coefficient (Wildman–Crippen LogP) is 5.27. The van der Waals surface area contributed by atoms with Gasteiger partial charge in [-0.2, -0.15) is 0 Å². The number of nitrogens with one attached hydrogen (secondary N) is 1. The first kappa shape index (κ1) is 15.5. The number of rotatable bonds is 4. The van der Waals surface area contributed by atoms with E-state index in [-0.39, 0.29) is 5.60 Å². The van der Waals surface area contributed by atoms with Crippen LogP contribution in [0.25, 0.3) is 0 Å². The van der Waals surface area contributed by atoms with Crippen molar-refractivity contribution in [3.05, 3.63) is 47.5 Å². The van der Waals surface area contributed by atoms with E-state index in [9.17, 15) is 0 Å². The van der Waals surface area contributed by atoms with Crippen molar-refractivity contribution in [3.63, 3.8) is 0 Å². The second-order valence-corrected chi connectivity index (χ2v) is 6.14. The van der Waals surface area contributed by atoms with Gasteiger partial charge in [0.25, 0.3) is 0 Å². The van der Waals surface area contributed by atoms with Gasteiger partial charge in [-0.3, -0.25) is 0 Å². The van der Waals surface area contributed by atoms with E-state index in [1.807, 2.05) is 57.2 Å². The van der Waals surface area contributed by atoms with Crippen LogP contribution in [0.3, 0.4) is 0 Å². The zero-order chi connectivity index (χ0) is 15.5. The van der Waals surface area contributed by atoms with Crippen molar-refractivity contribution in [2.45, 2.75) is 26.4 Å². The summed E-state index contributed by atoms with van der Waals surface area (Å²) >= 11 is 6.02. The van der Waals surface area contributed by atoms with Crippen molar-refractivity contribution in [3.8, 4) is 11.5 Å². The average molecular weight is 306 g/mol. The first-order valence-electron chi connectivity index (χ1n) is 6.77. The summed E-state index contributed by atoms with van der Waals surface area (Å²) in [6.45, 7) is 6.07. The summed E-state index contributed by atoms with van der Waals surface area (Å²) < 4.78 is 11.1. The van der Waals surface area contributed by atoms with Crippen LogP contribution < -0.4 is 14.8 Å². The van der Waals surface area contributed by atoms with Crippen molar-refractivity contribution in [2.75, 3.05) is 12.4 Å². The maximum atomic E-state index is 6.02. The van der Waals surface area contributed by atoms with Crippen LogP contribution in [-0.4, -0.2) is 12.7 Å². The summed E-state index contributed by atoms with van der Waals surface area (Å²) in [5, 5.41) is 3.95. The van der Waals surface area contributed by atoms with Crippen molar-refractivity contribution in [1.29, 1.82) is 0 Å². The fourth-order valence-electron chi connectivity index (χ4n) is 1.89. The molecule has 0 aliphatic carbocycles. The Labute approximate surface area is 130 Å². The third-order valence-electron chi connectivity index (χ3n) is 2.72. The monoisotopic (exact) mass is 305 g/mol. The van der Waals surface area contributed by atoms with Gasteiger partial charge in [0.15, 0.2) is 0 Å². The highest BCUT2D eigenvalue weighted by Gasteiger charge is 2.11. The van der Waals surface area contributed by atoms with Crippen LogP contribution >= 0.6 is 11.6 Å². The molecule has 3 nitrogen and oxygen atoms in total. The molecule has 0 aliphatic heterocycles. The van der Waals surface area contributed by atoms with Gasteiger partial charge in [0.05, 0.1) is 12.8 Å². The van der Waals surface area contributed by atoms with E-state index in [0.717, 1.165) is 22.9 Å². The molecule has 21 heavy (non-hydrogen) atoms. The lowest BCUT2D eigenvalue weighted by Crippen LogP contribution is -2.22. The molecule has 0 atom stereocenters. The molecule has 0 heterocycles. The number of ether oxygens (including phenoxy) is 2. The highest BCUT2D eigenvalue weighted by molar-refractivity contribution is 6.31. The second-order valence-electron chi connectivity index (χ2n) is 5.71. The molecular formula is C17H20ClNO2. The van der Waals surface area contributed by atoms with Crippen molar-refractivity contribution in [1.82, 2.24) is 0 Å². The molecule has 0 unspecified atom stereocenters. The van der Waals surface area contributed by atoms with E-state index in [0.29, 0.717) is 5.02 Å². The summed E-state index contributed by atoms with van der Waals surface area (Å²) in [5.74, 6) is 1.58. The lowest BCUT2D eigenvalue weighted by molar-refractivity contribution is 0.131. The van der Waals surface area contributed by atoms with E-state index in [4.69, 9.17) is 21.1 Å². The van der Waals surface area contributed by atoms with E-state index < -0.39 is 0 Å². The summed E-state index contributed by atoms with van der Waals surface area (Å²) in [7, 11) is 1.63. The zero-order valence-corrected chi connectivity index (χ0v) is 13.5. The van der Waals surface area contributed by atoms with E-state index in [1.165, 1.54) is 0 Å². The third kappa shape index (κ3) is 4.57. The SMILES string of the molecule is COc1ccc(Cl)cc1Nc1ccc(OC(C)(C)C)cc1. The maximum absolute atomic E-state index is 6.02. The van der Waals surface area contributed by atoms with E-state index in [1.54, 1.807) is 13.2 Å². The fraction of sp³-hybridized carbons (Fsp3) is 0.294. The fourth-order valence-corrected chi connectivity index (χ4v) is 2.07.